The number of ether oxygens (including phenoxy) is 3. The first-order valence-corrected chi connectivity index (χ1v) is 18.7. The van der Waals surface area contributed by atoms with E-state index in [1.165, 1.54) is 10.5 Å². The van der Waals surface area contributed by atoms with E-state index in [0.29, 0.717) is 44.6 Å². The number of aryl methyl sites for hydroxylation is 1. The van der Waals surface area contributed by atoms with Crippen LogP contribution in [0.5, 0.6) is 11.8 Å². The van der Waals surface area contributed by atoms with Gasteiger partial charge in [0.2, 0.25) is 17.7 Å². The van der Waals surface area contributed by atoms with Crippen LogP contribution in [0.3, 0.4) is 0 Å². The molecule has 2 aliphatic rings. The monoisotopic (exact) mass is 733 g/mol. The van der Waals surface area contributed by atoms with Crippen LogP contribution in [0.2, 0.25) is 0 Å². The van der Waals surface area contributed by atoms with Crippen molar-refractivity contribution < 1.29 is 28.2 Å². The number of nitrogens with zero attached hydrogens (tertiary/aromatic N) is 5. The van der Waals surface area contributed by atoms with E-state index in [-0.39, 0.29) is 24.8 Å². The predicted octanol–water partition coefficient (Wildman–Crippen LogP) is 8.09. The lowest BCUT2D eigenvalue weighted by Crippen LogP contribution is -2.52. The lowest BCUT2D eigenvalue weighted by Gasteiger charge is -2.39. The van der Waals surface area contributed by atoms with Gasteiger partial charge in [0.05, 0.1) is 23.5 Å². The number of hydrogen-bond acceptors (Lipinski definition) is 7. The number of likely N-dealkylation sites (tertiary alicyclic amines) is 2. The van der Waals surface area contributed by atoms with Crippen LogP contribution in [0.4, 0.5) is 9.18 Å². The number of fused-ring (bicyclic) bond motifs is 1. The molecule has 5 aromatic rings. The van der Waals surface area contributed by atoms with Crippen molar-refractivity contribution in [1.82, 2.24) is 24.6 Å². The van der Waals surface area contributed by atoms with Gasteiger partial charge in [-0.1, -0.05) is 72.8 Å². The van der Waals surface area contributed by atoms with Crippen LogP contribution in [0.15, 0.2) is 91.0 Å². The number of carbonyl (C=O) groups excluding carboxylic acids is 2. The summed E-state index contributed by atoms with van der Waals surface area (Å²) in [4.78, 5) is 33.9. The Morgan fingerprint density at radius 1 is 0.815 bits per heavy atom. The van der Waals surface area contributed by atoms with E-state index in [4.69, 9.17) is 24.3 Å². The molecule has 0 spiro atoms. The van der Waals surface area contributed by atoms with Crippen molar-refractivity contribution in [3.63, 3.8) is 0 Å². The van der Waals surface area contributed by atoms with E-state index in [2.05, 4.69) is 18.2 Å². The minimum Gasteiger partial charge on any atom is -0.473 e. The molecule has 0 aliphatic carbocycles. The van der Waals surface area contributed by atoms with Crippen molar-refractivity contribution in [2.24, 2.45) is 13.0 Å². The third-order valence-corrected chi connectivity index (χ3v) is 10.2. The fourth-order valence-electron chi connectivity index (χ4n) is 7.32. The molecule has 4 heterocycles. The molecule has 7 rings (SSSR count). The highest BCUT2D eigenvalue weighted by atomic mass is 19.1. The van der Waals surface area contributed by atoms with Crippen molar-refractivity contribution in [3.05, 3.63) is 108 Å². The number of benzene rings is 3. The number of piperidine rings is 2. The summed E-state index contributed by atoms with van der Waals surface area (Å²) in [5, 5.41) is 5.92. The van der Waals surface area contributed by atoms with E-state index in [1.807, 2.05) is 84.5 Å². The van der Waals surface area contributed by atoms with Gasteiger partial charge in [-0.2, -0.15) is 10.1 Å². The topological polar surface area (TPSA) is 99.0 Å². The lowest BCUT2D eigenvalue weighted by atomic mass is 9.87. The molecule has 10 nitrogen and oxygen atoms in total. The molecular formula is C43H48FN5O5. The average molecular weight is 734 g/mol. The number of carbonyl (C=O) groups is 2. The highest BCUT2D eigenvalue weighted by Crippen LogP contribution is 2.38. The van der Waals surface area contributed by atoms with E-state index < -0.39 is 23.8 Å². The van der Waals surface area contributed by atoms with Crippen LogP contribution in [0.25, 0.3) is 22.2 Å². The molecule has 282 valence electrons. The molecule has 0 bridgehead atoms. The zero-order chi connectivity index (χ0) is 37.8. The normalized spacial score (nSPS) is 18.1. The molecule has 3 aromatic carbocycles. The van der Waals surface area contributed by atoms with Crippen LogP contribution < -0.4 is 9.47 Å². The zero-order valence-corrected chi connectivity index (χ0v) is 31.4. The first-order chi connectivity index (χ1) is 26.0. The summed E-state index contributed by atoms with van der Waals surface area (Å²) in [7, 11) is 1.94. The van der Waals surface area contributed by atoms with E-state index >= 15 is 4.39 Å². The third kappa shape index (κ3) is 8.51. The maximum atomic E-state index is 15.3. The Morgan fingerprint density at radius 2 is 1.46 bits per heavy atom. The maximum Gasteiger partial charge on any atom is 0.410 e. The predicted molar refractivity (Wildman–Crippen MR) is 205 cm³/mol. The second-order valence-electron chi connectivity index (χ2n) is 15.2. The molecule has 54 heavy (non-hydrogen) atoms. The van der Waals surface area contributed by atoms with Crippen LogP contribution in [-0.4, -0.2) is 74.5 Å². The second-order valence-corrected chi connectivity index (χ2v) is 15.2. The van der Waals surface area contributed by atoms with Crippen LogP contribution in [-0.2, 0) is 29.8 Å². The van der Waals surface area contributed by atoms with Crippen molar-refractivity contribution in [3.8, 4) is 23.0 Å². The van der Waals surface area contributed by atoms with Gasteiger partial charge in [-0.25, -0.2) is 9.18 Å². The van der Waals surface area contributed by atoms with Crippen molar-refractivity contribution in [2.75, 3.05) is 26.2 Å². The molecule has 2 saturated heterocycles. The first-order valence-electron chi connectivity index (χ1n) is 18.7. The van der Waals surface area contributed by atoms with E-state index in [9.17, 15) is 9.59 Å². The number of rotatable bonds is 9. The van der Waals surface area contributed by atoms with Gasteiger partial charge in [0.25, 0.3) is 0 Å². The SMILES string of the molecule is Cn1nc(-c2ccc(OCc3ccccc3)nc2OCc2ccccc2)c2ccc(C3CCN(C(=O)[C@H]4CCN(C(=O)OC(C)(C)C)C[C@H]4F)CC3)cc21. The Labute approximate surface area is 315 Å². The maximum absolute atomic E-state index is 15.3. The summed E-state index contributed by atoms with van der Waals surface area (Å²) in [6.45, 7) is 7.37. The van der Waals surface area contributed by atoms with Gasteiger partial charge in [0, 0.05) is 38.1 Å². The number of hydrogen-bond donors (Lipinski definition) is 0. The van der Waals surface area contributed by atoms with Gasteiger partial charge in [-0.3, -0.25) is 9.48 Å². The summed E-state index contributed by atoms with van der Waals surface area (Å²) >= 11 is 0. The third-order valence-electron chi connectivity index (χ3n) is 10.2. The molecule has 2 amide bonds. The summed E-state index contributed by atoms with van der Waals surface area (Å²) in [5.41, 5.74) is 5.11. The van der Waals surface area contributed by atoms with Gasteiger partial charge in [-0.05, 0) is 74.8 Å². The minimum atomic E-state index is -1.42. The fourth-order valence-corrected chi connectivity index (χ4v) is 7.32. The summed E-state index contributed by atoms with van der Waals surface area (Å²) in [6.07, 6.45) is -0.111. The van der Waals surface area contributed by atoms with Crippen molar-refractivity contribution in [2.45, 2.75) is 70.9 Å². The zero-order valence-electron chi connectivity index (χ0n) is 31.4. The van der Waals surface area contributed by atoms with Gasteiger partial charge in [-0.15, -0.1) is 0 Å². The van der Waals surface area contributed by atoms with Crippen LogP contribution in [0.1, 0.15) is 62.6 Å². The molecule has 2 aromatic heterocycles. The van der Waals surface area contributed by atoms with Gasteiger partial charge >= 0.3 is 6.09 Å². The van der Waals surface area contributed by atoms with Gasteiger partial charge in [0.15, 0.2) is 0 Å². The smallest absolute Gasteiger partial charge is 0.410 e. The molecule has 0 radical (unpaired) electrons. The molecule has 2 aliphatic heterocycles. The number of alkyl halides is 1. The molecule has 0 unspecified atom stereocenters. The summed E-state index contributed by atoms with van der Waals surface area (Å²) in [6, 6.07) is 30.2. The number of halogens is 1. The number of aromatic nitrogens is 3. The van der Waals surface area contributed by atoms with Crippen molar-refractivity contribution >= 4 is 22.9 Å². The highest BCUT2D eigenvalue weighted by molar-refractivity contribution is 5.95. The summed E-state index contributed by atoms with van der Waals surface area (Å²) in [5.74, 6) is 0.249. The Bertz CT molecular complexity index is 2080. The van der Waals surface area contributed by atoms with Crippen LogP contribution in [0, 0.1) is 5.92 Å². The molecular weight excluding hydrogens is 686 g/mol. The Kier molecular flexibility index (Phi) is 10.8. The fraction of sp³-hybridized carbons (Fsp3) is 0.395. The van der Waals surface area contributed by atoms with Gasteiger partial charge < -0.3 is 24.0 Å². The quantitative estimate of drug-likeness (QED) is 0.151. The minimum absolute atomic E-state index is 0.128. The van der Waals surface area contributed by atoms with E-state index in [0.717, 1.165) is 46.1 Å². The lowest BCUT2D eigenvalue weighted by molar-refractivity contribution is -0.141. The number of amides is 2. The first kappa shape index (κ1) is 36.9. The summed E-state index contributed by atoms with van der Waals surface area (Å²) < 4.78 is 35.0. The Hall–Kier alpha value is -5.45. The average Bonchev–Trinajstić information content (AvgIpc) is 3.51. The molecule has 0 N–H and O–H groups in total. The van der Waals surface area contributed by atoms with Gasteiger partial charge in [0.1, 0.15) is 30.7 Å². The van der Waals surface area contributed by atoms with E-state index in [1.54, 1.807) is 25.7 Å². The second kappa shape index (κ2) is 15.9. The van der Waals surface area contributed by atoms with Crippen molar-refractivity contribution in [1.29, 1.82) is 0 Å². The molecule has 2 fully saturated rings. The molecule has 11 heteroatoms. The molecule has 0 saturated carbocycles. The Balaban J connectivity index is 1.04. The number of pyridine rings is 1. The Morgan fingerprint density at radius 3 is 2.11 bits per heavy atom. The standard InChI is InChI=1S/C43H48FN5O5/c1-43(2,3)54-42(51)49-24-21-33(36(44)26-49)41(50)48-22-19-31(20-23-48)32-15-16-34-37(25-32)47(4)46-39(34)35-17-18-38(52-27-29-11-7-5-8-12-29)45-40(35)53-28-30-13-9-6-10-14-30/h5-18,25,31,33,36H,19-24,26-28H2,1-4H3/t33-,36+/m0/s1. The van der Waals surface area contributed by atoms with Crippen LogP contribution >= 0.6 is 0 Å². The highest BCUT2D eigenvalue weighted by Gasteiger charge is 2.40. The largest absolute Gasteiger partial charge is 0.473 e. The molecule has 2 atom stereocenters.